The van der Waals surface area contributed by atoms with Gasteiger partial charge in [0.05, 0.1) is 17.3 Å². The maximum Gasteiger partial charge on any atom is 0.282 e. The van der Waals surface area contributed by atoms with Crippen molar-refractivity contribution in [3.63, 3.8) is 0 Å². The van der Waals surface area contributed by atoms with E-state index in [-0.39, 0.29) is 6.04 Å². The topological polar surface area (TPSA) is 56.2 Å². The number of halogens is 1. The Hall–Kier alpha value is -2.28. The normalized spacial score (nSPS) is 13.8. The molecule has 0 saturated heterocycles. The van der Waals surface area contributed by atoms with Gasteiger partial charge in [0.15, 0.2) is 11.6 Å². The van der Waals surface area contributed by atoms with Crippen LogP contribution in [0.1, 0.15) is 23.9 Å². The summed E-state index contributed by atoms with van der Waals surface area (Å²) in [6, 6.07) is 15.9. The van der Waals surface area contributed by atoms with Crippen LogP contribution in [0.15, 0.2) is 53.1 Å². The number of benzene rings is 2. The number of hydrogen-bond donors (Lipinski definition) is 1. The highest BCUT2D eigenvalue weighted by atomic mass is 35.5. The maximum atomic E-state index is 5.92. The van der Waals surface area contributed by atoms with Crippen molar-refractivity contribution in [1.82, 2.24) is 15.1 Å². The molecule has 4 rings (SSSR count). The smallest absolute Gasteiger partial charge is 0.282 e. The third kappa shape index (κ3) is 3.49. The average molecular weight is 386 g/mol. The number of quaternary nitrogens is 1. The van der Waals surface area contributed by atoms with Crippen molar-refractivity contribution in [3.8, 4) is 11.4 Å². The van der Waals surface area contributed by atoms with Gasteiger partial charge in [0.25, 0.3) is 5.89 Å². The van der Waals surface area contributed by atoms with E-state index >= 15 is 0 Å². The van der Waals surface area contributed by atoms with Crippen molar-refractivity contribution < 1.29 is 9.42 Å². The van der Waals surface area contributed by atoms with Crippen molar-refractivity contribution in [2.24, 2.45) is 0 Å². The summed E-state index contributed by atoms with van der Waals surface area (Å²) in [6.45, 7) is 2.81. The molecule has 1 unspecified atom stereocenters. The van der Waals surface area contributed by atoms with Gasteiger partial charge in [0, 0.05) is 10.6 Å². The second kappa shape index (κ2) is 7.15. The second-order valence-electron chi connectivity index (χ2n) is 6.28. The fraction of sp³-hybridized carbons (Fsp3) is 0.211. The van der Waals surface area contributed by atoms with E-state index in [1.54, 1.807) is 11.3 Å². The van der Waals surface area contributed by atoms with Gasteiger partial charge >= 0.3 is 0 Å². The van der Waals surface area contributed by atoms with Gasteiger partial charge in [0.1, 0.15) is 6.04 Å². The molecule has 0 radical (unpaired) electrons. The van der Waals surface area contributed by atoms with Crippen LogP contribution in [-0.4, -0.2) is 22.2 Å². The van der Waals surface area contributed by atoms with Crippen LogP contribution in [0, 0.1) is 0 Å². The summed E-state index contributed by atoms with van der Waals surface area (Å²) in [5.41, 5.74) is 1.94. The quantitative estimate of drug-likeness (QED) is 0.568. The van der Waals surface area contributed by atoms with Gasteiger partial charge in [-0.3, -0.25) is 0 Å². The van der Waals surface area contributed by atoms with Gasteiger partial charge in [-0.1, -0.05) is 28.9 Å². The van der Waals surface area contributed by atoms with E-state index in [9.17, 15) is 0 Å². The predicted molar refractivity (Wildman–Crippen MR) is 103 cm³/mol. The van der Waals surface area contributed by atoms with E-state index in [1.165, 1.54) is 9.60 Å². The van der Waals surface area contributed by atoms with Gasteiger partial charge in [-0.15, -0.1) is 11.3 Å². The third-order valence-electron chi connectivity index (χ3n) is 4.42. The number of nitrogens with zero attached hydrogens (tertiary/aromatic N) is 3. The minimum atomic E-state index is 0.235. The monoisotopic (exact) mass is 385 g/mol. The van der Waals surface area contributed by atoms with Crippen LogP contribution in [0.2, 0.25) is 5.02 Å². The largest absolute Gasteiger partial charge is 0.333 e. The van der Waals surface area contributed by atoms with Crippen LogP contribution < -0.4 is 4.90 Å². The highest BCUT2D eigenvalue weighted by Crippen LogP contribution is 2.25. The lowest BCUT2D eigenvalue weighted by atomic mass is 10.2. The molecular formula is C19H18ClN4OS+. The maximum absolute atomic E-state index is 5.92. The lowest BCUT2D eigenvalue weighted by Crippen LogP contribution is -3.07. The van der Waals surface area contributed by atoms with Crippen molar-refractivity contribution in [1.29, 1.82) is 0 Å². The van der Waals surface area contributed by atoms with E-state index in [0.717, 1.165) is 16.1 Å². The highest BCUT2D eigenvalue weighted by molar-refractivity contribution is 7.18. The number of para-hydroxylation sites is 1. The first-order valence-electron chi connectivity index (χ1n) is 8.36. The summed E-state index contributed by atoms with van der Waals surface area (Å²) in [6.07, 6.45) is 0. The van der Waals surface area contributed by atoms with E-state index in [1.807, 2.05) is 42.5 Å². The Morgan fingerprint density at radius 1 is 1.12 bits per heavy atom. The van der Waals surface area contributed by atoms with Crippen LogP contribution in [0.5, 0.6) is 0 Å². The van der Waals surface area contributed by atoms with Crippen LogP contribution in [-0.2, 0) is 6.54 Å². The number of hydrogen-bond acceptors (Lipinski definition) is 5. The Kier molecular flexibility index (Phi) is 4.72. The Morgan fingerprint density at radius 2 is 1.88 bits per heavy atom. The lowest BCUT2D eigenvalue weighted by molar-refractivity contribution is -0.925. The van der Waals surface area contributed by atoms with Crippen molar-refractivity contribution in [2.75, 3.05) is 7.05 Å². The third-order valence-corrected chi connectivity index (χ3v) is 5.89. The van der Waals surface area contributed by atoms with Gasteiger partial charge in [0.2, 0.25) is 5.82 Å². The van der Waals surface area contributed by atoms with Crippen LogP contribution in [0.4, 0.5) is 0 Å². The molecule has 0 aliphatic heterocycles. The fourth-order valence-corrected chi connectivity index (χ4v) is 3.96. The first-order valence-corrected chi connectivity index (χ1v) is 9.56. The lowest BCUT2D eigenvalue weighted by Gasteiger charge is -2.17. The molecule has 2 heterocycles. The van der Waals surface area contributed by atoms with Crippen LogP contribution >= 0.6 is 22.9 Å². The SMILES string of the molecule is C[C@@H](c1nc2ccccc2s1)[NH+](C)Cc1nc(-c2ccc(Cl)cc2)no1. The molecule has 2 aromatic heterocycles. The standard InChI is InChI=1S/C19H17ClN4OS/c1-12(19-21-15-5-3-4-6-16(15)26-19)24(2)11-17-22-18(23-25-17)13-7-9-14(20)10-8-13/h3-10,12H,11H2,1-2H3/p+1/t12-/m0/s1. The van der Waals surface area contributed by atoms with Gasteiger partial charge in [-0.25, -0.2) is 4.98 Å². The molecule has 0 spiro atoms. The molecule has 0 fully saturated rings. The minimum Gasteiger partial charge on any atom is -0.333 e. The Bertz CT molecular complexity index is 994. The number of thiazole rings is 1. The molecule has 0 bridgehead atoms. The number of aromatic nitrogens is 3. The zero-order chi connectivity index (χ0) is 18.1. The molecule has 0 aliphatic rings. The van der Waals surface area contributed by atoms with E-state index < -0.39 is 0 Å². The highest BCUT2D eigenvalue weighted by Gasteiger charge is 2.22. The minimum absolute atomic E-state index is 0.235. The summed E-state index contributed by atoms with van der Waals surface area (Å²) < 4.78 is 6.65. The Labute approximate surface area is 160 Å². The Morgan fingerprint density at radius 3 is 2.65 bits per heavy atom. The Balaban J connectivity index is 1.49. The van der Waals surface area contributed by atoms with Crippen LogP contribution in [0.25, 0.3) is 21.6 Å². The summed E-state index contributed by atoms with van der Waals surface area (Å²) in [5.74, 6) is 1.19. The summed E-state index contributed by atoms with van der Waals surface area (Å²) in [4.78, 5) is 10.5. The number of fused-ring (bicyclic) bond motifs is 1. The van der Waals surface area contributed by atoms with E-state index in [4.69, 9.17) is 21.1 Å². The van der Waals surface area contributed by atoms with Gasteiger partial charge < -0.3 is 9.42 Å². The zero-order valence-electron chi connectivity index (χ0n) is 14.4. The predicted octanol–water partition coefficient (Wildman–Crippen LogP) is 3.78. The van der Waals surface area contributed by atoms with Gasteiger partial charge in [-0.2, -0.15) is 4.98 Å². The van der Waals surface area contributed by atoms with E-state index in [0.29, 0.717) is 23.3 Å². The molecule has 2 aromatic carbocycles. The zero-order valence-corrected chi connectivity index (χ0v) is 16.0. The molecule has 26 heavy (non-hydrogen) atoms. The van der Waals surface area contributed by atoms with Crippen molar-refractivity contribution in [3.05, 3.63) is 64.5 Å². The molecule has 0 saturated carbocycles. The van der Waals surface area contributed by atoms with Gasteiger partial charge in [-0.05, 0) is 43.3 Å². The summed E-state index contributed by atoms with van der Waals surface area (Å²) >= 11 is 7.66. The molecule has 2 atom stereocenters. The second-order valence-corrected chi connectivity index (χ2v) is 7.78. The fourth-order valence-electron chi connectivity index (χ4n) is 2.72. The molecule has 1 N–H and O–H groups in total. The molecule has 7 heteroatoms. The van der Waals surface area contributed by atoms with Crippen molar-refractivity contribution >= 4 is 33.2 Å². The number of rotatable bonds is 5. The van der Waals surface area contributed by atoms with Crippen LogP contribution in [0.3, 0.4) is 0 Å². The number of nitrogens with one attached hydrogen (secondary N) is 1. The molecule has 0 aliphatic carbocycles. The molecule has 132 valence electrons. The molecule has 0 amide bonds. The first kappa shape index (κ1) is 17.1. The molecule has 4 aromatic rings. The summed E-state index contributed by atoms with van der Waals surface area (Å²) in [7, 11) is 2.11. The van der Waals surface area contributed by atoms with Crippen molar-refractivity contribution in [2.45, 2.75) is 19.5 Å². The van der Waals surface area contributed by atoms with E-state index in [2.05, 4.69) is 30.2 Å². The average Bonchev–Trinajstić information content (AvgIpc) is 3.28. The molecular weight excluding hydrogens is 368 g/mol. The summed E-state index contributed by atoms with van der Waals surface area (Å²) in [5, 5.41) is 5.88. The molecule has 5 nitrogen and oxygen atoms in total. The first-order chi connectivity index (χ1) is 12.6.